The van der Waals surface area contributed by atoms with Gasteiger partial charge in [0, 0.05) is 78.5 Å². The minimum Gasteiger partial charge on any atom is -0.329 e. The van der Waals surface area contributed by atoms with Crippen LogP contribution in [0.1, 0.15) is 0 Å². The molecule has 0 aromatic carbocycles. The van der Waals surface area contributed by atoms with E-state index in [4.69, 9.17) is 22.9 Å². The molecule has 0 aliphatic carbocycles. The molecule has 0 fully saturated rings. The van der Waals surface area contributed by atoms with E-state index in [0.29, 0.717) is 26.2 Å². The summed E-state index contributed by atoms with van der Waals surface area (Å²) in [4.78, 5) is 6.96. The molecule has 0 rings (SSSR count). The van der Waals surface area contributed by atoms with Crippen molar-refractivity contribution < 1.29 is 0 Å². The molecule has 0 aliphatic rings. The van der Waals surface area contributed by atoms with Crippen molar-refractivity contribution in [3.05, 3.63) is 0 Å². The van der Waals surface area contributed by atoms with Crippen LogP contribution < -0.4 is 22.9 Å². The summed E-state index contributed by atoms with van der Waals surface area (Å²) in [7, 11) is 2.10. The van der Waals surface area contributed by atoms with Gasteiger partial charge < -0.3 is 27.8 Å². The molecule has 7 heteroatoms. The molecule has 0 aliphatic heterocycles. The molecule has 0 unspecified atom stereocenters. The summed E-state index contributed by atoms with van der Waals surface area (Å²) in [6.07, 6.45) is 0. The molecule has 0 atom stereocenters. The first-order chi connectivity index (χ1) is 9.67. The Morgan fingerprint density at radius 2 is 0.850 bits per heavy atom. The number of likely N-dealkylation sites (N-methyl/N-ethyl adjacent to an activating group) is 1. The lowest BCUT2D eigenvalue weighted by Crippen LogP contribution is -2.43. The molecule has 0 spiro atoms. The van der Waals surface area contributed by atoms with Crippen LogP contribution in [0.4, 0.5) is 0 Å². The van der Waals surface area contributed by atoms with Gasteiger partial charge in [-0.1, -0.05) is 0 Å². The molecule has 0 radical (unpaired) electrons. The fourth-order valence-electron chi connectivity index (χ4n) is 2.15. The predicted octanol–water partition coefficient (Wildman–Crippen LogP) is -2.64. The van der Waals surface area contributed by atoms with Crippen LogP contribution in [0, 0.1) is 0 Å². The van der Waals surface area contributed by atoms with E-state index >= 15 is 0 Å². The van der Waals surface area contributed by atoms with Gasteiger partial charge in [-0.25, -0.2) is 0 Å². The first-order valence-electron chi connectivity index (χ1n) is 7.61. The van der Waals surface area contributed by atoms with Crippen molar-refractivity contribution >= 4 is 0 Å². The zero-order valence-electron chi connectivity index (χ0n) is 13.1. The molecule has 0 heterocycles. The van der Waals surface area contributed by atoms with Crippen LogP contribution in [-0.4, -0.2) is 100 Å². The number of hydrogen-bond acceptors (Lipinski definition) is 7. The summed E-state index contributed by atoms with van der Waals surface area (Å²) in [6, 6.07) is 0. The van der Waals surface area contributed by atoms with Gasteiger partial charge in [-0.2, -0.15) is 0 Å². The van der Waals surface area contributed by atoms with Crippen molar-refractivity contribution in [3.63, 3.8) is 0 Å². The highest BCUT2D eigenvalue weighted by Crippen LogP contribution is 1.93. The maximum absolute atomic E-state index is 5.69. The van der Waals surface area contributed by atoms with E-state index in [1.807, 2.05) is 0 Å². The molecule has 0 amide bonds. The van der Waals surface area contributed by atoms with E-state index in [-0.39, 0.29) is 0 Å². The molecule has 0 saturated carbocycles. The third-order valence-corrected chi connectivity index (χ3v) is 3.38. The monoisotopic (exact) mass is 289 g/mol. The van der Waals surface area contributed by atoms with Crippen molar-refractivity contribution in [1.29, 1.82) is 0 Å². The van der Waals surface area contributed by atoms with Crippen LogP contribution in [0.25, 0.3) is 0 Å². The summed E-state index contributed by atoms with van der Waals surface area (Å²) in [5, 5.41) is 0. The second-order valence-electron chi connectivity index (χ2n) is 5.14. The quantitative estimate of drug-likeness (QED) is 0.276. The summed E-state index contributed by atoms with van der Waals surface area (Å²) >= 11 is 0. The molecule has 7 nitrogen and oxygen atoms in total. The Labute approximate surface area is 124 Å². The molecule has 0 aromatic rings. The standard InChI is InChI=1S/C13H35N7/c1-18(6-2-14)10-11-20(9-5-17)13-12-19(7-3-15)8-4-16/h2-17H2,1H3. The van der Waals surface area contributed by atoms with E-state index in [1.165, 1.54) is 0 Å². The lowest BCUT2D eigenvalue weighted by atomic mass is 10.3. The van der Waals surface area contributed by atoms with Crippen LogP contribution in [-0.2, 0) is 0 Å². The van der Waals surface area contributed by atoms with Crippen molar-refractivity contribution in [2.75, 3.05) is 85.6 Å². The third kappa shape index (κ3) is 10.5. The van der Waals surface area contributed by atoms with Gasteiger partial charge in [0.25, 0.3) is 0 Å². The molecule has 8 N–H and O–H groups in total. The molecule has 0 aromatic heterocycles. The van der Waals surface area contributed by atoms with E-state index < -0.39 is 0 Å². The predicted molar refractivity (Wildman–Crippen MR) is 86.6 cm³/mol. The van der Waals surface area contributed by atoms with Gasteiger partial charge in [-0.05, 0) is 7.05 Å². The number of hydrogen-bond donors (Lipinski definition) is 4. The van der Waals surface area contributed by atoms with E-state index in [1.54, 1.807) is 0 Å². The highest BCUT2D eigenvalue weighted by Gasteiger charge is 2.09. The van der Waals surface area contributed by atoms with Gasteiger partial charge in [0.1, 0.15) is 0 Å². The Hall–Kier alpha value is -0.280. The first kappa shape index (κ1) is 19.7. The fraction of sp³-hybridized carbons (Fsp3) is 1.00. The molecule has 122 valence electrons. The van der Waals surface area contributed by atoms with Crippen molar-refractivity contribution in [2.45, 2.75) is 0 Å². The Morgan fingerprint density at radius 3 is 1.25 bits per heavy atom. The summed E-state index contributed by atoms with van der Waals surface area (Å²) in [5.74, 6) is 0. The van der Waals surface area contributed by atoms with Crippen LogP contribution in [0.2, 0.25) is 0 Å². The smallest absolute Gasteiger partial charge is 0.0110 e. The Kier molecular flexibility index (Phi) is 13.5. The van der Waals surface area contributed by atoms with Crippen molar-refractivity contribution in [1.82, 2.24) is 14.7 Å². The lowest BCUT2D eigenvalue weighted by molar-refractivity contribution is 0.193. The Morgan fingerprint density at radius 1 is 0.500 bits per heavy atom. The zero-order valence-corrected chi connectivity index (χ0v) is 13.1. The lowest BCUT2D eigenvalue weighted by Gasteiger charge is -2.28. The van der Waals surface area contributed by atoms with E-state index in [0.717, 1.165) is 52.4 Å². The van der Waals surface area contributed by atoms with Gasteiger partial charge in [0.2, 0.25) is 0 Å². The Bertz CT molecular complexity index is 197. The second-order valence-corrected chi connectivity index (χ2v) is 5.14. The largest absolute Gasteiger partial charge is 0.329 e. The topological polar surface area (TPSA) is 114 Å². The highest BCUT2D eigenvalue weighted by atomic mass is 15.2. The molecule has 0 bridgehead atoms. The minimum atomic E-state index is 0.677. The summed E-state index contributed by atoms with van der Waals surface area (Å²) < 4.78 is 0. The van der Waals surface area contributed by atoms with Gasteiger partial charge in [0.15, 0.2) is 0 Å². The van der Waals surface area contributed by atoms with Gasteiger partial charge >= 0.3 is 0 Å². The summed E-state index contributed by atoms with van der Waals surface area (Å²) in [6.45, 7) is 10.5. The van der Waals surface area contributed by atoms with Gasteiger partial charge in [-0.15, -0.1) is 0 Å². The normalized spacial score (nSPS) is 12.0. The maximum Gasteiger partial charge on any atom is 0.0110 e. The second kappa shape index (κ2) is 13.7. The van der Waals surface area contributed by atoms with E-state index in [2.05, 4.69) is 21.7 Å². The molecule has 20 heavy (non-hydrogen) atoms. The average Bonchev–Trinajstić information content (AvgIpc) is 2.42. The van der Waals surface area contributed by atoms with Crippen LogP contribution in [0.3, 0.4) is 0 Å². The molecule has 0 saturated heterocycles. The Balaban J connectivity index is 4.03. The first-order valence-corrected chi connectivity index (χ1v) is 7.61. The molecular weight excluding hydrogens is 254 g/mol. The van der Waals surface area contributed by atoms with Crippen LogP contribution >= 0.6 is 0 Å². The van der Waals surface area contributed by atoms with Gasteiger partial charge in [0.05, 0.1) is 0 Å². The molecular formula is C13H35N7. The van der Waals surface area contributed by atoms with E-state index in [9.17, 15) is 0 Å². The zero-order chi connectivity index (χ0) is 15.2. The minimum absolute atomic E-state index is 0.677. The highest BCUT2D eigenvalue weighted by molar-refractivity contribution is 4.66. The van der Waals surface area contributed by atoms with Crippen LogP contribution in [0.15, 0.2) is 0 Å². The number of nitrogens with two attached hydrogens (primary N) is 4. The number of rotatable bonds is 14. The number of nitrogens with zero attached hydrogens (tertiary/aromatic N) is 3. The SMILES string of the molecule is CN(CCN)CCN(CCN)CCN(CCN)CCN. The third-order valence-electron chi connectivity index (χ3n) is 3.38. The fourth-order valence-corrected chi connectivity index (χ4v) is 2.15. The maximum atomic E-state index is 5.69. The van der Waals surface area contributed by atoms with Crippen molar-refractivity contribution in [3.8, 4) is 0 Å². The van der Waals surface area contributed by atoms with Crippen LogP contribution in [0.5, 0.6) is 0 Å². The average molecular weight is 289 g/mol. The van der Waals surface area contributed by atoms with Gasteiger partial charge in [-0.3, -0.25) is 9.80 Å². The van der Waals surface area contributed by atoms with Crippen molar-refractivity contribution in [2.24, 2.45) is 22.9 Å². The summed E-state index contributed by atoms with van der Waals surface area (Å²) in [5.41, 5.74) is 22.5.